The summed E-state index contributed by atoms with van der Waals surface area (Å²) in [5.41, 5.74) is 8.16. The average Bonchev–Trinajstić information content (AvgIpc) is 2.99. The van der Waals surface area contributed by atoms with E-state index in [9.17, 15) is 0 Å². The maximum atomic E-state index is 7.80. The predicted octanol–water partition coefficient (Wildman–Crippen LogP) is 2.57. The van der Waals surface area contributed by atoms with Gasteiger partial charge in [0.05, 0.1) is 17.9 Å². The van der Waals surface area contributed by atoms with Gasteiger partial charge in [0.2, 0.25) is 5.88 Å². The molecule has 2 rings (SSSR count). The molecule has 0 atom stereocenters. The third-order valence-corrected chi connectivity index (χ3v) is 4.19. The molecule has 0 bridgehead atoms. The zero-order valence-electron chi connectivity index (χ0n) is 12.3. The monoisotopic (exact) mass is 304 g/mol. The van der Waals surface area contributed by atoms with Crippen molar-refractivity contribution < 1.29 is 4.74 Å². The molecule has 0 spiro atoms. The molecule has 0 radical (unpaired) electrons. The first-order valence-corrected chi connectivity index (χ1v) is 7.93. The van der Waals surface area contributed by atoms with E-state index < -0.39 is 0 Å². The van der Waals surface area contributed by atoms with Crippen LogP contribution in [0.15, 0.2) is 17.5 Å². The molecule has 3 N–H and O–H groups in total. The van der Waals surface area contributed by atoms with Gasteiger partial charge in [-0.25, -0.2) is 0 Å². The molecule has 0 aliphatic heterocycles. The Morgan fingerprint density at radius 2 is 2.14 bits per heavy atom. The van der Waals surface area contributed by atoms with Gasteiger partial charge in [-0.15, -0.1) is 16.4 Å². The number of amidine groups is 1. The molecule has 2 aromatic rings. The Bertz CT molecular complexity index is 610. The summed E-state index contributed by atoms with van der Waals surface area (Å²) in [7, 11) is 0. The fraction of sp³-hybridized carbons (Fsp3) is 0.400. The highest BCUT2D eigenvalue weighted by molar-refractivity contribution is 7.09. The standard InChI is InChI=1S/C15H20N4OS/c1-3-11-12(4-2)18-19-15(13(11)14(16)17)20-8-7-10-6-5-9-21-10/h5-6,9H,3-4,7-8H2,1-2H3,(H3,16,17). The quantitative estimate of drug-likeness (QED) is 0.608. The summed E-state index contributed by atoms with van der Waals surface area (Å²) in [6.45, 7) is 4.55. The van der Waals surface area contributed by atoms with Crippen LogP contribution in [0.2, 0.25) is 0 Å². The van der Waals surface area contributed by atoms with Crippen molar-refractivity contribution in [3.63, 3.8) is 0 Å². The van der Waals surface area contributed by atoms with Crippen molar-refractivity contribution in [1.82, 2.24) is 10.2 Å². The minimum Gasteiger partial charge on any atom is -0.476 e. The number of ether oxygens (including phenoxy) is 1. The summed E-state index contributed by atoms with van der Waals surface area (Å²) < 4.78 is 5.73. The Kier molecular flexibility index (Phi) is 5.27. The number of nitrogen functional groups attached to an aromatic ring is 1. The lowest BCUT2D eigenvalue weighted by molar-refractivity contribution is 0.305. The maximum absolute atomic E-state index is 7.80. The van der Waals surface area contributed by atoms with Gasteiger partial charge in [0.15, 0.2) is 0 Å². The number of rotatable bonds is 7. The van der Waals surface area contributed by atoms with E-state index in [0.29, 0.717) is 18.1 Å². The first-order chi connectivity index (χ1) is 10.2. The Balaban J connectivity index is 2.20. The highest BCUT2D eigenvalue weighted by Gasteiger charge is 2.17. The van der Waals surface area contributed by atoms with Crippen molar-refractivity contribution in [2.24, 2.45) is 5.73 Å². The fourth-order valence-corrected chi connectivity index (χ4v) is 2.93. The zero-order chi connectivity index (χ0) is 15.2. The fourth-order valence-electron chi connectivity index (χ4n) is 2.24. The van der Waals surface area contributed by atoms with Crippen LogP contribution in [-0.2, 0) is 19.3 Å². The van der Waals surface area contributed by atoms with Crippen LogP contribution in [0.5, 0.6) is 5.88 Å². The van der Waals surface area contributed by atoms with Crippen molar-refractivity contribution in [3.05, 3.63) is 39.2 Å². The second kappa shape index (κ2) is 7.17. The Labute approximate surface area is 128 Å². The van der Waals surface area contributed by atoms with E-state index in [0.717, 1.165) is 30.5 Å². The van der Waals surface area contributed by atoms with Gasteiger partial charge in [-0.1, -0.05) is 19.9 Å². The van der Waals surface area contributed by atoms with Crippen LogP contribution in [0, 0.1) is 5.41 Å². The second-order valence-corrected chi connectivity index (χ2v) is 5.64. The average molecular weight is 304 g/mol. The molecule has 0 saturated carbocycles. The number of aromatic nitrogens is 2. The lowest BCUT2D eigenvalue weighted by Gasteiger charge is -2.14. The number of hydrogen-bond acceptors (Lipinski definition) is 5. The van der Waals surface area contributed by atoms with Crippen LogP contribution < -0.4 is 10.5 Å². The highest BCUT2D eigenvalue weighted by atomic mass is 32.1. The van der Waals surface area contributed by atoms with Crippen LogP contribution >= 0.6 is 11.3 Å². The third-order valence-electron chi connectivity index (χ3n) is 3.25. The van der Waals surface area contributed by atoms with E-state index in [1.165, 1.54) is 4.88 Å². The first kappa shape index (κ1) is 15.4. The molecule has 21 heavy (non-hydrogen) atoms. The van der Waals surface area contributed by atoms with E-state index in [1.54, 1.807) is 11.3 Å². The smallest absolute Gasteiger partial charge is 0.244 e. The van der Waals surface area contributed by atoms with Crippen LogP contribution in [0.25, 0.3) is 0 Å². The van der Waals surface area contributed by atoms with Gasteiger partial charge in [0.1, 0.15) is 5.84 Å². The SMILES string of the molecule is CCc1nnc(OCCc2cccs2)c(C(=N)N)c1CC. The van der Waals surface area contributed by atoms with Gasteiger partial charge in [0.25, 0.3) is 0 Å². The lowest BCUT2D eigenvalue weighted by Crippen LogP contribution is -2.19. The molecular weight excluding hydrogens is 284 g/mol. The minimum absolute atomic E-state index is 0.0115. The van der Waals surface area contributed by atoms with Gasteiger partial charge in [-0.3, -0.25) is 5.41 Å². The van der Waals surface area contributed by atoms with Crippen molar-refractivity contribution >= 4 is 17.2 Å². The number of nitrogens with zero attached hydrogens (tertiary/aromatic N) is 2. The number of aryl methyl sites for hydroxylation is 1. The Morgan fingerprint density at radius 3 is 2.71 bits per heavy atom. The van der Waals surface area contributed by atoms with Gasteiger partial charge in [0, 0.05) is 11.3 Å². The summed E-state index contributed by atoms with van der Waals surface area (Å²) in [5.74, 6) is 0.357. The normalized spacial score (nSPS) is 10.6. The predicted molar refractivity (Wildman–Crippen MR) is 85.3 cm³/mol. The number of nitrogens with two attached hydrogens (primary N) is 1. The molecule has 0 fully saturated rings. The van der Waals surface area contributed by atoms with Gasteiger partial charge < -0.3 is 10.5 Å². The van der Waals surface area contributed by atoms with Crippen LogP contribution in [-0.4, -0.2) is 22.6 Å². The summed E-state index contributed by atoms with van der Waals surface area (Å²) in [6.07, 6.45) is 2.34. The minimum atomic E-state index is -0.0115. The third kappa shape index (κ3) is 3.58. The van der Waals surface area contributed by atoms with Gasteiger partial charge in [-0.2, -0.15) is 5.10 Å². The summed E-state index contributed by atoms with van der Waals surface area (Å²) >= 11 is 1.70. The molecule has 6 heteroatoms. The molecular formula is C15H20N4OS. The van der Waals surface area contributed by atoms with E-state index in [4.69, 9.17) is 15.9 Å². The van der Waals surface area contributed by atoms with Crippen molar-refractivity contribution in [3.8, 4) is 5.88 Å². The summed E-state index contributed by atoms with van der Waals surface area (Å²) in [4.78, 5) is 1.26. The molecule has 0 amide bonds. The zero-order valence-corrected chi connectivity index (χ0v) is 13.2. The van der Waals surface area contributed by atoms with Crippen molar-refractivity contribution in [2.45, 2.75) is 33.1 Å². The van der Waals surface area contributed by atoms with E-state index >= 15 is 0 Å². The van der Waals surface area contributed by atoms with Crippen molar-refractivity contribution in [1.29, 1.82) is 5.41 Å². The molecule has 5 nitrogen and oxygen atoms in total. The van der Waals surface area contributed by atoms with Crippen LogP contribution in [0.3, 0.4) is 0 Å². The van der Waals surface area contributed by atoms with Crippen LogP contribution in [0.4, 0.5) is 0 Å². The molecule has 0 aliphatic carbocycles. The molecule has 112 valence electrons. The Morgan fingerprint density at radius 1 is 1.33 bits per heavy atom. The van der Waals surface area contributed by atoms with Gasteiger partial charge in [-0.05, 0) is 29.9 Å². The summed E-state index contributed by atoms with van der Waals surface area (Å²) in [5, 5.41) is 18.2. The topological polar surface area (TPSA) is 84.9 Å². The lowest BCUT2D eigenvalue weighted by atomic mass is 10.0. The molecule has 0 aliphatic rings. The first-order valence-electron chi connectivity index (χ1n) is 7.05. The molecule has 0 unspecified atom stereocenters. The Hall–Kier alpha value is -1.95. The summed E-state index contributed by atoms with van der Waals surface area (Å²) in [6, 6.07) is 4.09. The molecule has 2 aromatic heterocycles. The molecule has 0 saturated heterocycles. The van der Waals surface area contributed by atoms with Crippen LogP contribution in [0.1, 0.15) is 35.5 Å². The second-order valence-electron chi connectivity index (χ2n) is 4.60. The number of hydrogen-bond donors (Lipinski definition) is 2. The largest absolute Gasteiger partial charge is 0.476 e. The van der Waals surface area contributed by atoms with E-state index in [2.05, 4.69) is 16.3 Å². The molecule has 2 heterocycles. The maximum Gasteiger partial charge on any atom is 0.244 e. The highest BCUT2D eigenvalue weighted by Crippen LogP contribution is 2.22. The van der Waals surface area contributed by atoms with Gasteiger partial charge >= 0.3 is 0 Å². The molecule has 0 aromatic carbocycles. The van der Waals surface area contributed by atoms with E-state index in [1.807, 2.05) is 25.3 Å². The van der Waals surface area contributed by atoms with E-state index in [-0.39, 0.29) is 5.84 Å². The number of thiophene rings is 1. The number of nitrogens with one attached hydrogen (secondary N) is 1. The van der Waals surface area contributed by atoms with Crippen molar-refractivity contribution in [2.75, 3.05) is 6.61 Å².